The molecule has 0 fully saturated rings. The zero-order valence-corrected chi connectivity index (χ0v) is 14.3. The van der Waals surface area contributed by atoms with Crippen LogP contribution in [0.1, 0.15) is 11.1 Å². The van der Waals surface area contributed by atoms with Gasteiger partial charge >= 0.3 is 0 Å². The minimum absolute atomic E-state index is 0.982. The summed E-state index contributed by atoms with van der Waals surface area (Å²) in [4.78, 5) is 4.05. The Kier molecular flexibility index (Phi) is 4.95. The van der Waals surface area contributed by atoms with Gasteiger partial charge in [-0.05, 0) is 41.8 Å². The van der Waals surface area contributed by atoms with Crippen LogP contribution in [-0.2, 0) is 0 Å². The Morgan fingerprint density at radius 2 is 1.84 bits per heavy atom. The lowest BCUT2D eigenvalue weighted by Gasteiger charge is -2.09. The quantitative estimate of drug-likeness (QED) is 0.458. The standard InChI is InChI=1S/C22H21N3/c1-4-18-10-9-11-19(14-18)21-15-25(20-12-7-6-8-13-20)22(17(21)3)24-16-23-5-2/h4-16H,1-2H2,3H3,(H,23,24). The van der Waals surface area contributed by atoms with Gasteiger partial charge in [0.15, 0.2) is 0 Å². The number of nitrogens with zero attached hydrogens (tertiary/aromatic N) is 2. The molecule has 3 heteroatoms. The molecule has 3 aromatic rings. The van der Waals surface area contributed by atoms with E-state index in [1.807, 2.05) is 24.3 Å². The van der Waals surface area contributed by atoms with Gasteiger partial charge in [0.05, 0.1) is 6.34 Å². The van der Waals surface area contributed by atoms with E-state index in [-0.39, 0.29) is 0 Å². The van der Waals surface area contributed by atoms with Crippen molar-refractivity contribution in [2.24, 2.45) is 4.99 Å². The summed E-state index contributed by atoms with van der Waals surface area (Å²) in [6.45, 7) is 9.59. The molecule has 3 nitrogen and oxygen atoms in total. The largest absolute Gasteiger partial charge is 0.332 e. The second-order valence-electron chi connectivity index (χ2n) is 5.66. The second-order valence-corrected chi connectivity index (χ2v) is 5.66. The molecule has 0 aliphatic heterocycles. The molecule has 3 rings (SSSR count). The summed E-state index contributed by atoms with van der Waals surface area (Å²) in [5, 5.41) is 3.28. The van der Waals surface area contributed by atoms with Gasteiger partial charge in [0.1, 0.15) is 5.82 Å². The van der Waals surface area contributed by atoms with E-state index in [1.54, 1.807) is 6.34 Å². The zero-order chi connectivity index (χ0) is 17.6. The number of hydrogen-bond acceptors (Lipinski definition) is 1. The van der Waals surface area contributed by atoms with Crippen molar-refractivity contribution in [2.75, 3.05) is 5.32 Å². The Labute approximate surface area is 148 Å². The molecule has 25 heavy (non-hydrogen) atoms. The van der Waals surface area contributed by atoms with Crippen LogP contribution in [0.3, 0.4) is 0 Å². The number of rotatable bonds is 6. The Balaban J connectivity index is 2.15. The van der Waals surface area contributed by atoms with E-state index >= 15 is 0 Å². The highest BCUT2D eigenvalue weighted by Gasteiger charge is 2.14. The Hall–Kier alpha value is -3.33. The molecule has 0 saturated heterocycles. The number of benzene rings is 2. The van der Waals surface area contributed by atoms with Gasteiger partial charge in [-0.2, -0.15) is 0 Å². The van der Waals surface area contributed by atoms with E-state index in [4.69, 9.17) is 0 Å². The normalized spacial score (nSPS) is 10.8. The van der Waals surface area contributed by atoms with Crippen molar-refractivity contribution in [3.63, 3.8) is 0 Å². The number of para-hydroxylation sites is 1. The fourth-order valence-corrected chi connectivity index (χ4v) is 2.84. The maximum atomic E-state index is 4.05. The van der Waals surface area contributed by atoms with Crippen LogP contribution in [0.5, 0.6) is 0 Å². The lowest BCUT2D eigenvalue weighted by molar-refractivity contribution is 1.09. The number of anilines is 1. The fraction of sp³-hybridized carbons (Fsp3) is 0.0455. The Bertz CT molecular complexity index is 918. The topological polar surface area (TPSA) is 29.3 Å². The monoisotopic (exact) mass is 327 g/mol. The van der Waals surface area contributed by atoms with Gasteiger partial charge in [0.25, 0.3) is 0 Å². The lowest BCUT2D eigenvalue weighted by atomic mass is 10.0. The van der Waals surface area contributed by atoms with Crippen LogP contribution >= 0.6 is 0 Å². The first-order valence-corrected chi connectivity index (χ1v) is 8.14. The molecule has 0 amide bonds. The van der Waals surface area contributed by atoms with Crippen molar-refractivity contribution in [1.29, 1.82) is 0 Å². The smallest absolute Gasteiger partial charge is 0.119 e. The summed E-state index contributed by atoms with van der Waals surface area (Å²) >= 11 is 0. The highest BCUT2D eigenvalue weighted by atomic mass is 15.1. The van der Waals surface area contributed by atoms with Gasteiger partial charge in [-0.15, -0.1) is 0 Å². The van der Waals surface area contributed by atoms with Crippen molar-refractivity contribution in [3.8, 4) is 16.8 Å². The summed E-state index contributed by atoms with van der Waals surface area (Å²) in [6, 6.07) is 18.6. The molecule has 1 heterocycles. The van der Waals surface area contributed by atoms with Crippen molar-refractivity contribution < 1.29 is 0 Å². The summed E-state index contributed by atoms with van der Waals surface area (Å²) in [5.41, 5.74) is 5.68. The molecule has 2 aromatic carbocycles. The number of aliphatic imine (C=N–C) groups is 1. The third-order valence-corrected chi connectivity index (χ3v) is 4.11. The first kappa shape index (κ1) is 16.5. The molecule has 0 aliphatic carbocycles. The van der Waals surface area contributed by atoms with Crippen molar-refractivity contribution in [2.45, 2.75) is 6.92 Å². The molecular weight excluding hydrogens is 306 g/mol. The third-order valence-electron chi connectivity index (χ3n) is 4.11. The SMILES string of the molecule is C=CN=CNc1c(C)c(-c2cccc(C=C)c2)cn1-c1ccccc1. The summed E-state index contributed by atoms with van der Waals surface area (Å²) in [6.07, 6.45) is 7.17. The number of hydrogen-bond donors (Lipinski definition) is 1. The predicted molar refractivity (Wildman–Crippen MR) is 108 cm³/mol. The van der Waals surface area contributed by atoms with Gasteiger partial charge in [-0.25, -0.2) is 4.99 Å². The van der Waals surface area contributed by atoms with Crippen LogP contribution in [-0.4, -0.2) is 10.9 Å². The van der Waals surface area contributed by atoms with Crippen molar-refractivity contribution in [1.82, 2.24) is 4.57 Å². The maximum absolute atomic E-state index is 4.05. The Morgan fingerprint density at radius 3 is 2.56 bits per heavy atom. The van der Waals surface area contributed by atoms with Gasteiger partial charge in [0.2, 0.25) is 0 Å². The van der Waals surface area contributed by atoms with Crippen LogP contribution in [0, 0.1) is 6.92 Å². The predicted octanol–water partition coefficient (Wildman–Crippen LogP) is 5.68. The third kappa shape index (κ3) is 3.45. The summed E-state index contributed by atoms with van der Waals surface area (Å²) in [7, 11) is 0. The first-order chi connectivity index (χ1) is 12.2. The highest BCUT2D eigenvalue weighted by Crippen LogP contribution is 2.33. The molecule has 0 unspecified atom stereocenters. The van der Waals surface area contributed by atoms with E-state index in [0.29, 0.717) is 0 Å². The number of aromatic nitrogens is 1. The summed E-state index contributed by atoms with van der Waals surface area (Å²) < 4.78 is 2.14. The second kappa shape index (κ2) is 7.49. The van der Waals surface area contributed by atoms with Gasteiger partial charge in [-0.1, -0.05) is 55.6 Å². The number of nitrogens with one attached hydrogen (secondary N) is 1. The average Bonchev–Trinajstić information content (AvgIpc) is 2.99. The van der Waals surface area contributed by atoms with E-state index in [0.717, 1.165) is 28.2 Å². The molecule has 0 atom stereocenters. The van der Waals surface area contributed by atoms with Crippen molar-refractivity contribution >= 4 is 18.2 Å². The van der Waals surface area contributed by atoms with Crippen LogP contribution in [0.15, 0.2) is 85.1 Å². The molecular formula is C22H21N3. The van der Waals surface area contributed by atoms with Gasteiger partial charge in [-0.3, -0.25) is 0 Å². The van der Waals surface area contributed by atoms with Gasteiger partial charge in [0, 0.05) is 23.6 Å². The van der Waals surface area contributed by atoms with E-state index in [2.05, 4.69) is 77.6 Å². The molecule has 1 aromatic heterocycles. The van der Waals surface area contributed by atoms with E-state index < -0.39 is 0 Å². The lowest BCUT2D eigenvalue weighted by Crippen LogP contribution is -2.03. The molecule has 0 saturated carbocycles. The molecule has 0 spiro atoms. The average molecular weight is 327 g/mol. The first-order valence-electron chi connectivity index (χ1n) is 8.14. The van der Waals surface area contributed by atoms with Crippen molar-refractivity contribution in [3.05, 3.63) is 91.3 Å². The van der Waals surface area contributed by atoms with E-state index in [1.165, 1.54) is 11.8 Å². The molecule has 0 aliphatic rings. The molecule has 1 N–H and O–H groups in total. The fourth-order valence-electron chi connectivity index (χ4n) is 2.84. The van der Waals surface area contributed by atoms with Crippen LogP contribution < -0.4 is 5.32 Å². The highest BCUT2D eigenvalue weighted by molar-refractivity contribution is 5.83. The summed E-state index contributed by atoms with van der Waals surface area (Å²) in [5.74, 6) is 0.982. The zero-order valence-electron chi connectivity index (χ0n) is 14.3. The van der Waals surface area contributed by atoms with Crippen LogP contribution in [0.2, 0.25) is 0 Å². The maximum Gasteiger partial charge on any atom is 0.119 e. The van der Waals surface area contributed by atoms with Crippen LogP contribution in [0.4, 0.5) is 5.82 Å². The minimum Gasteiger partial charge on any atom is -0.332 e. The van der Waals surface area contributed by atoms with Crippen LogP contribution in [0.25, 0.3) is 22.9 Å². The molecule has 124 valence electrons. The molecule has 0 bridgehead atoms. The minimum atomic E-state index is 0.982. The molecule has 0 radical (unpaired) electrons. The Morgan fingerprint density at radius 1 is 1.04 bits per heavy atom. The van der Waals surface area contributed by atoms with Gasteiger partial charge < -0.3 is 9.88 Å². The van der Waals surface area contributed by atoms with E-state index in [9.17, 15) is 0 Å².